The van der Waals surface area contributed by atoms with Crippen molar-refractivity contribution >= 4 is 50.8 Å². The highest BCUT2D eigenvalue weighted by molar-refractivity contribution is 5.87. The van der Waals surface area contributed by atoms with Gasteiger partial charge in [-0.25, -0.2) is 29.9 Å². The van der Waals surface area contributed by atoms with Crippen LogP contribution in [0.2, 0.25) is 0 Å². The van der Waals surface area contributed by atoms with Crippen LogP contribution in [0.15, 0.2) is 52.3 Å². The van der Waals surface area contributed by atoms with Gasteiger partial charge in [0.1, 0.15) is 0 Å². The molecule has 0 fully saturated rings. The predicted octanol–water partition coefficient (Wildman–Crippen LogP) is -3.45. The normalized spacial score (nSPS) is 13.6. The van der Waals surface area contributed by atoms with Crippen molar-refractivity contribution in [2.75, 3.05) is 19.6 Å². The summed E-state index contributed by atoms with van der Waals surface area (Å²) in [5.41, 5.74) is 19.0. The zero-order valence-electron chi connectivity index (χ0n) is 27.7. The third-order valence-corrected chi connectivity index (χ3v) is 8.75. The highest BCUT2D eigenvalue weighted by atomic mass is 16.1. The van der Waals surface area contributed by atoms with Crippen molar-refractivity contribution < 1.29 is 14.4 Å². The quantitative estimate of drug-likeness (QED) is 0.0503. The van der Waals surface area contributed by atoms with Crippen molar-refractivity contribution in [1.29, 1.82) is 0 Å². The van der Waals surface area contributed by atoms with Gasteiger partial charge in [-0.1, -0.05) is 0 Å². The van der Waals surface area contributed by atoms with E-state index in [9.17, 15) is 28.8 Å². The Morgan fingerprint density at radius 2 is 0.942 bits per heavy atom. The van der Waals surface area contributed by atoms with Crippen LogP contribution in [-0.2, 0) is 34.0 Å². The van der Waals surface area contributed by atoms with E-state index >= 15 is 0 Å². The fourth-order valence-corrected chi connectivity index (χ4v) is 5.92. The minimum atomic E-state index is -1.11. The molecule has 9 N–H and O–H groups in total. The van der Waals surface area contributed by atoms with Crippen molar-refractivity contribution in [2.45, 2.75) is 57.0 Å². The first-order valence-corrected chi connectivity index (χ1v) is 16.2. The van der Waals surface area contributed by atoms with Crippen LogP contribution >= 0.6 is 0 Å². The number of H-pyrrole nitrogens is 3. The molecule has 0 spiro atoms. The Morgan fingerprint density at radius 3 is 1.29 bits per heavy atom. The lowest BCUT2D eigenvalue weighted by Crippen LogP contribution is -2.56. The Labute approximate surface area is 291 Å². The van der Waals surface area contributed by atoms with Crippen LogP contribution in [-0.4, -0.2) is 119 Å². The van der Waals surface area contributed by atoms with Crippen molar-refractivity contribution in [3.8, 4) is 0 Å². The molecule has 272 valence electrons. The number of carbonyl (C=O) groups excluding carboxylic acids is 3. The third-order valence-electron chi connectivity index (χ3n) is 8.75. The average molecular weight is 717 g/mol. The highest BCUT2D eigenvalue weighted by Crippen LogP contribution is 2.12. The summed E-state index contributed by atoms with van der Waals surface area (Å²) < 4.78 is 4.69. The molecule has 22 heteroatoms. The van der Waals surface area contributed by atoms with Crippen LogP contribution in [0.5, 0.6) is 0 Å². The van der Waals surface area contributed by atoms with Gasteiger partial charge in [-0.2, -0.15) is 0 Å². The van der Waals surface area contributed by atoms with Gasteiger partial charge in [0.15, 0.2) is 50.8 Å². The second kappa shape index (κ2) is 15.4. The lowest BCUT2D eigenvalue weighted by atomic mass is 10.0. The summed E-state index contributed by atoms with van der Waals surface area (Å²) in [6, 6.07) is -3.19. The Balaban J connectivity index is 1.15. The number of rotatable bonds is 18. The second-order valence-electron chi connectivity index (χ2n) is 12.1. The minimum absolute atomic E-state index is 0.0449. The summed E-state index contributed by atoms with van der Waals surface area (Å²) in [4.78, 5) is 110. The summed E-state index contributed by atoms with van der Waals surface area (Å²) in [7, 11) is 0. The van der Waals surface area contributed by atoms with E-state index in [1.54, 1.807) is 18.6 Å². The summed E-state index contributed by atoms with van der Waals surface area (Å²) in [5.74, 6) is -1.05. The average Bonchev–Trinajstić information content (AvgIpc) is 3.87. The van der Waals surface area contributed by atoms with Gasteiger partial charge in [0.2, 0.25) is 0 Å². The predicted molar refractivity (Wildman–Crippen MR) is 184 cm³/mol. The number of Topliss-reactive ketones (excluding diaryl/α,β-unsaturated/α-hetero) is 3. The summed E-state index contributed by atoms with van der Waals surface area (Å²) in [6.45, 7) is -0.0881. The van der Waals surface area contributed by atoms with E-state index in [1.165, 1.54) is 38.0 Å². The SMILES string of the molecule is NCC(C(=O)CCn1cnc2c(=O)[nH]cnc21)N(CC(N)C(=O)CCn1cnc2c(=O)[nH]cnc21)CC(N)C(=O)CCn1cnc2c(=O)[nH]cnc21. The number of aromatic amines is 3. The van der Waals surface area contributed by atoms with E-state index in [0.29, 0.717) is 16.9 Å². The Hall–Kier alpha value is -6.10. The first-order valence-electron chi connectivity index (χ1n) is 16.2. The Kier molecular flexibility index (Phi) is 10.6. The molecule has 52 heavy (non-hydrogen) atoms. The number of hydrogen-bond acceptors (Lipinski definition) is 16. The second-order valence-corrected chi connectivity index (χ2v) is 12.1. The Morgan fingerprint density at radius 1 is 0.596 bits per heavy atom. The zero-order valence-corrected chi connectivity index (χ0v) is 27.7. The third kappa shape index (κ3) is 7.48. The molecular weight excluding hydrogens is 680 g/mol. The first-order chi connectivity index (χ1) is 25.0. The number of hydrogen-bond donors (Lipinski definition) is 6. The van der Waals surface area contributed by atoms with Crippen LogP contribution in [0.3, 0.4) is 0 Å². The molecular formula is C30H36N16O6. The molecule has 6 aromatic rings. The van der Waals surface area contributed by atoms with Gasteiger partial charge in [-0.05, 0) is 0 Å². The van der Waals surface area contributed by atoms with Crippen molar-refractivity contribution in [2.24, 2.45) is 17.2 Å². The molecule has 0 saturated carbocycles. The lowest BCUT2D eigenvalue weighted by molar-refractivity contribution is -0.127. The molecule has 0 aliphatic rings. The number of imidazole rings is 3. The maximum Gasteiger partial charge on any atom is 0.278 e. The number of fused-ring (bicyclic) bond motifs is 3. The van der Waals surface area contributed by atoms with Crippen LogP contribution in [0.1, 0.15) is 19.3 Å². The van der Waals surface area contributed by atoms with E-state index in [-0.39, 0.29) is 92.4 Å². The maximum atomic E-state index is 13.7. The van der Waals surface area contributed by atoms with Crippen molar-refractivity contribution in [3.05, 3.63) is 69.0 Å². The van der Waals surface area contributed by atoms with E-state index in [1.807, 2.05) is 0 Å². The monoisotopic (exact) mass is 716 g/mol. The van der Waals surface area contributed by atoms with Crippen LogP contribution in [0.25, 0.3) is 33.5 Å². The maximum absolute atomic E-state index is 13.7. The molecule has 0 aromatic carbocycles. The Bertz CT molecular complexity index is 2310. The molecule has 0 bridgehead atoms. The number of nitrogens with one attached hydrogen (secondary N) is 3. The summed E-state index contributed by atoms with van der Waals surface area (Å²) >= 11 is 0. The van der Waals surface area contributed by atoms with Gasteiger partial charge < -0.3 is 45.9 Å². The molecule has 3 unspecified atom stereocenters. The molecule has 6 heterocycles. The smallest absolute Gasteiger partial charge is 0.278 e. The number of ketones is 3. The summed E-state index contributed by atoms with van der Waals surface area (Å²) in [6.07, 6.45) is 7.79. The molecule has 0 radical (unpaired) electrons. The number of nitrogens with zero attached hydrogens (tertiary/aromatic N) is 10. The topological polar surface area (TPSA) is 323 Å². The largest absolute Gasteiger partial charge is 0.328 e. The molecule has 3 atom stereocenters. The fraction of sp³-hybridized carbons (Fsp3) is 0.400. The number of aryl methyl sites for hydroxylation is 3. The van der Waals surface area contributed by atoms with Gasteiger partial charge in [0.05, 0.1) is 56.1 Å². The molecule has 22 nitrogen and oxygen atoms in total. The minimum Gasteiger partial charge on any atom is -0.328 e. The summed E-state index contributed by atoms with van der Waals surface area (Å²) in [5, 5.41) is 0. The molecule has 6 rings (SSSR count). The van der Waals surface area contributed by atoms with E-state index in [2.05, 4.69) is 44.9 Å². The lowest BCUT2D eigenvalue weighted by Gasteiger charge is -2.33. The number of nitrogens with two attached hydrogens (primary N) is 3. The standard InChI is InChI=1S/C30H36N16O6/c31-7-18(21(49)3-6-45-15-42-24-27(45)36-12-39-30(24)52)46(8-16(32)19(47)1-4-43-13-40-22-25(43)34-10-37-28(22)50)9-17(33)20(48)2-5-44-14-41-23-26(44)35-11-38-29(23)51/h10-18H,1-9,31-33H2,(H,34,37,50)(H,35,38,51)(H,36,39,52). The van der Waals surface area contributed by atoms with Crippen LogP contribution in [0, 0.1) is 0 Å². The molecule has 0 amide bonds. The van der Waals surface area contributed by atoms with E-state index in [4.69, 9.17) is 17.2 Å². The zero-order chi connectivity index (χ0) is 36.9. The molecule has 0 saturated heterocycles. The molecule has 0 aliphatic carbocycles. The van der Waals surface area contributed by atoms with E-state index in [0.717, 1.165) is 0 Å². The van der Waals surface area contributed by atoms with E-state index < -0.39 is 34.8 Å². The van der Waals surface area contributed by atoms with Gasteiger partial charge in [-0.3, -0.25) is 33.7 Å². The first kappa shape index (κ1) is 35.7. The van der Waals surface area contributed by atoms with Gasteiger partial charge in [-0.15, -0.1) is 0 Å². The number of aromatic nitrogens is 12. The molecule has 6 aromatic heterocycles. The van der Waals surface area contributed by atoms with Gasteiger partial charge in [0.25, 0.3) is 16.7 Å². The fourth-order valence-electron chi connectivity index (χ4n) is 5.92. The van der Waals surface area contributed by atoms with Crippen LogP contribution in [0.4, 0.5) is 0 Å². The van der Waals surface area contributed by atoms with Crippen LogP contribution < -0.4 is 33.9 Å². The van der Waals surface area contributed by atoms with Crippen molar-refractivity contribution in [3.63, 3.8) is 0 Å². The van der Waals surface area contributed by atoms with Gasteiger partial charge >= 0.3 is 0 Å². The highest BCUT2D eigenvalue weighted by Gasteiger charge is 2.31. The molecule has 0 aliphatic heterocycles. The number of carbonyl (C=O) groups is 3. The van der Waals surface area contributed by atoms with Crippen molar-refractivity contribution in [1.82, 2.24) is 63.5 Å². The van der Waals surface area contributed by atoms with Gasteiger partial charge in [0, 0.05) is 58.5 Å².